The van der Waals surface area contributed by atoms with Crippen molar-refractivity contribution in [2.45, 2.75) is 26.8 Å². The molecule has 2 rings (SSSR count). The van der Waals surface area contributed by atoms with Crippen LogP contribution in [0.4, 0.5) is 0 Å². The molecule has 0 aliphatic carbocycles. The Hall–Kier alpha value is -2.21. The third kappa shape index (κ3) is 3.51. The number of aromatic nitrogens is 1. The molecule has 1 aromatic carbocycles. The lowest BCUT2D eigenvalue weighted by atomic mass is 10.0. The van der Waals surface area contributed by atoms with E-state index in [1.54, 1.807) is 13.8 Å². The first-order valence-corrected chi connectivity index (χ1v) is 7.78. The summed E-state index contributed by atoms with van der Waals surface area (Å²) in [6, 6.07) is 9.01. The Morgan fingerprint density at radius 2 is 1.86 bits per heavy atom. The fourth-order valence-corrected chi connectivity index (χ4v) is 2.83. The second-order valence-corrected chi connectivity index (χ2v) is 6.37. The molecule has 0 aliphatic rings. The maximum atomic E-state index is 12.5. The lowest BCUT2D eigenvalue weighted by molar-refractivity contribution is -0.141. The predicted molar refractivity (Wildman–Crippen MR) is 86.0 cm³/mol. The number of aliphatic carboxylic acids is 1. The van der Waals surface area contributed by atoms with Crippen molar-refractivity contribution in [3.8, 4) is 11.3 Å². The number of carboxylic acid groups (broad SMARTS) is 1. The summed E-state index contributed by atoms with van der Waals surface area (Å²) in [5.41, 5.74) is 1.51. The largest absolute Gasteiger partial charge is 0.481 e. The number of nitrogens with one attached hydrogen (secondary N) is 1. The molecule has 1 heterocycles. The van der Waals surface area contributed by atoms with Gasteiger partial charge in [0.25, 0.3) is 5.91 Å². The van der Waals surface area contributed by atoms with E-state index in [2.05, 4.69) is 10.3 Å². The van der Waals surface area contributed by atoms with E-state index >= 15 is 0 Å². The highest BCUT2D eigenvalue weighted by Gasteiger charge is 2.24. The summed E-state index contributed by atoms with van der Waals surface area (Å²) < 4.78 is 0. The standard InChI is InChI=1S/C16H18N2O3S/c1-9(16(20)21)10(2)17-15(19)14-13(18-11(3)22-14)12-7-5-4-6-8-12/h4-10H,1-3H3,(H,17,19)(H,20,21). The molecule has 116 valence electrons. The van der Waals surface area contributed by atoms with E-state index in [-0.39, 0.29) is 5.91 Å². The summed E-state index contributed by atoms with van der Waals surface area (Å²) in [6.45, 7) is 5.10. The highest BCUT2D eigenvalue weighted by molar-refractivity contribution is 7.14. The van der Waals surface area contributed by atoms with E-state index in [0.29, 0.717) is 10.6 Å². The summed E-state index contributed by atoms with van der Waals surface area (Å²) in [5, 5.41) is 12.6. The second kappa shape index (κ2) is 6.70. The van der Waals surface area contributed by atoms with Gasteiger partial charge in [-0.25, -0.2) is 4.98 Å². The molecule has 0 bridgehead atoms. The Morgan fingerprint density at radius 3 is 2.45 bits per heavy atom. The van der Waals surface area contributed by atoms with Crippen LogP contribution in [0.2, 0.25) is 0 Å². The Kier molecular flexibility index (Phi) is 4.92. The van der Waals surface area contributed by atoms with Gasteiger partial charge in [0, 0.05) is 11.6 Å². The Morgan fingerprint density at radius 1 is 1.23 bits per heavy atom. The monoisotopic (exact) mass is 318 g/mol. The van der Waals surface area contributed by atoms with Gasteiger partial charge in [-0.1, -0.05) is 30.3 Å². The first-order valence-electron chi connectivity index (χ1n) is 6.96. The number of rotatable bonds is 5. The van der Waals surface area contributed by atoms with Crippen molar-refractivity contribution >= 4 is 23.2 Å². The Balaban J connectivity index is 2.26. The molecule has 2 atom stereocenters. The zero-order valence-corrected chi connectivity index (χ0v) is 13.5. The summed E-state index contributed by atoms with van der Waals surface area (Å²) in [7, 11) is 0. The second-order valence-electron chi connectivity index (χ2n) is 5.17. The molecule has 0 saturated carbocycles. The molecule has 0 spiro atoms. The molecule has 0 aliphatic heterocycles. The molecule has 2 unspecified atom stereocenters. The minimum Gasteiger partial charge on any atom is -0.481 e. The molecule has 0 radical (unpaired) electrons. The zero-order valence-electron chi connectivity index (χ0n) is 12.7. The van der Waals surface area contributed by atoms with Crippen molar-refractivity contribution in [2.75, 3.05) is 0 Å². The van der Waals surface area contributed by atoms with Crippen molar-refractivity contribution < 1.29 is 14.7 Å². The van der Waals surface area contributed by atoms with Gasteiger partial charge < -0.3 is 10.4 Å². The number of carbonyl (C=O) groups excluding carboxylic acids is 1. The molecule has 0 saturated heterocycles. The topological polar surface area (TPSA) is 79.3 Å². The number of thiazole rings is 1. The number of carbonyl (C=O) groups is 2. The van der Waals surface area contributed by atoms with Gasteiger partial charge in [0.05, 0.1) is 16.6 Å². The van der Waals surface area contributed by atoms with Gasteiger partial charge in [0.15, 0.2) is 0 Å². The predicted octanol–water partition coefficient (Wildman–Crippen LogP) is 2.96. The lowest BCUT2D eigenvalue weighted by Crippen LogP contribution is -2.39. The highest BCUT2D eigenvalue weighted by atomic mass is 32.1. The summed E-state index contributed by atoms with van der Waals surface area (Å²) in [6.07, 6.45) is 0. The minimum atomic E-state index is -0.934. The lowest BCUT2D eigenvalue weighted by Gasteiger charge is -2.17. The third-order valence-corrected chi connectivity index (χ3v) is 4.46. The molecule has 22 heavy (non-hydrogen) atoms. The van der Waals surface area contributed by atoms with Crippen LogP contribution in [0.5, 0.6) is 0 Å². The van der Waals surface area contributed by atoms with Crippen LogP contribution < -0.4 is 5.32 Å². The zero-order chi connectivity index (χ0) is 16.3. The van der Waals surface area contributed by atoms with Crippen molar-refractivity contribution in [3.05, 3.63) is 40.2 Å². The number of hydrogen-bond donors (Lipinski definition) is 2. The highest BCUT2D eigenvalue weighted by Crippen LogP contribution is 2.28. The van der Waals surface area contributed by atoms with Gasteiger partial charge in [-0.15, -0.1) is 11.3 Å². The molecule has 6 heteroatoms. The average Bonchev–Trinajstić information content (AvgIpc) is 2.89. The summed E-state index contributed by atoms with van der Waals surface area (Å²) in [5.74, 6) is -1.88. The summed E-state index contributed by atoms with van der Waals surface area (Å²) in [4.78, 5) is 28.4. The van der Waals surface area contributed by atoms with Crippen LogP contribution in [-0.4, -0.2) is 28.0 Å². The fraction of sp³-hybridized carbons (Fsp3) is 0.312. The minimum absolute atomic E-state index is 0.287. The molecule has 2 N–H and O–H groups in total. The third-order valence-electron chi connectivity index (χ3n) is 3.49. The molecular weight excluding hydrogens is 300 g/mol. The van der Waals surface area contributed by atoms with Gasteiger partial charge in [-0.2, -0.15) is 0 Å². The average molecular weight is 318 g/mol. The number of benzene rings is 1. The maximum absolute atomic E-state index is 12.5. The number of amides is 1. The van der Waals surface area contributed by atoms with Crippen LogP contribution >= 0.6 is 11.3 Å². The first-order chi connectivity index (χ1) is 10.4. The Labute approximate surface area is 133 Å². The van der Waals surface area contributed by atoms with Gasteiger partial charge in [-0.3, -0.25) is 9.59 Å². The van der Waals surface area contributed by atoms with E-state index in [1.165, 1.54) is 11.3 Å². The van der Waals surface area contributed by atoms with E-state index in [4.69, 9.17) is 5.11 Å². The number of aryl methyl sites for hydroxylation is 1. The normalized spacial score (nSPS) is 13.4. The smallest absolute Gasteiger partial charge is 0.308 e. The molecule has 1 amide bonds. The van der Waals surface area contributed by atoms with E-state index in [1.807, 2.05) is 37.3 Å². The van der Waals surface area contributed by atoms with Gasteiger partial charge >= 0.3 is 5.97 Å². The summed E-state index contributed by atoms with van der Waals surface area (Å²) >= 11 is 1.31. The van der Waals surface area contributed by atoms with Crippen LogP contribution in [-0.2, 0) is 4.79 Å². The van der Waals surface area contributed by atoms with Crippen LogP contribution in [0.15, 0.2) is 30.3 Å². The maximum Gasteiger partial charge on any atom is 0.308 e. The van der Waals surface area contributed by atoms with E-state index in [0.717, 1.165) is 10.6 Å². The number of hydrogen-bond acceptors (Lipinski definition) is 4. The van der Waals surface area contributed by atoms with Crippen molar-refractivity contribution in [3.63, 3.8) is 0 Å². The number of nitrogens with zero attached hydrogens (tertiary/aromatic N) is 1. The van der Waals surface area contributed by atoms with Gasteiger partial charge in [0.2, 0.25) is 0 Å². The molecule has 1 aromatic heterocycles. The SMILES string of the molecule is Cc1nc(-c2ccccc2)c(C(=O)NC(C)C(C)C(=O)O)s1. The van der Waals surface area contributed by atoms with Crippen molar-refractivity contribution in [1.82, 2.24) is 10.3 Å². The quantitative estimate of drug-likeness (QED) is 0.888. The first kappa shape index (κ1) is 16.2. The molecule has 2 aromatic rings. The van der Waals surface area contributed by atoms with Crippen LogP contribution in [0.25, 0.3) is 11.3 Å². The Bertz CT molecular complexity index is 682. The fourth-order valence-electron chi connectivity index (χ4n) is 1.98. The van der Waals surface area contributed by atoms with E-state index < -0.39 is 17.9 Å². The molecular formula is C16H18N2O3S. The van der Waals surface area contributed by atoms with Gasteiger partial charge in [-0.05, 0) is 20.8 Å². The van der Waals surface area contributed by atoms with Crippen LogP contribution in [0.1, 0.15) is 28.5 Å². The van der Waals surface area contributed by atoms with Crippen LogP contribution in [0, 0.1) is 12.8 Å². The molecule has 5 nitrogen and oxygen atoms in total. The van der Waals surface area contributed by atoms with Crippen molar-refractivity contribution in [2.24, 2.45) is 5.92 Å². The number of carboxylic acids is 1. The van der Waals surface area contributed by atoms with E-state index in [9.17, 15) is 9.59 Å². The van der Waals surface area contributed by atoms with Gasteiger partial charge in [0.1, 0.15) is 4.88 Å². The van der Waals surface area contributed by atoms with Crippen LogP contribution in [0.3, 0.4) is 0 Å². The van der Waals surface area contributed by atoms with Crippen molar-refractivity contribution in [1.29, 1.82) is 0 Å². The molecule has 0 fully saturated rings.